The average molecular weight is 398 g/mol. The lowest BCUT2D eigenvalue weighted by molar-refractivity contribution is 0.169. The Hall–Kier alpha value is -2.74. The third kappa shape index (κ3) is 4.64. The first-order valence-corrected chi connectivity index (χ1v) is 10.1. The summed E-state index contributed by atoms with van der Waals surface area (Å²) in [6.45, 7) is 12.6. The van der Waals surface area contributed by atoms with E-state index in [1.807, 2.05) is 24.6 Å². The van der Waals surface area contributed by atoms with Crippen LogP contribution in [0.2, 0.25) is 0 Å². The number of rotatable bonds is 8. The zero-order valence-corrected chi connectivity index (χ0v) is 18.1. The molecule has 2 unspecified atom stereocenters. The minimum absolute atomic E-state index is 0.126. The molecule has 3 rings (SSSR count). The van der Waals surface area contributed by atoms with Crippen molar-refractivity contribution in [2.75, 3.05) is 10.6 Å². The molecule has 0 fully saturated rings. The van der Waals surface area contributed by atoms with E-state index in [1.165, 1.54) is 5.56 Å². The van der Waals surface area contributed by atoms with Crippen LogP contribution < -0.4 is 10.6 Å². The first kappa shape index (κ1) is 21.0. The summed E-state index contributed by atoms with van der Waals surface area (Å²) >= 11 is 0. The van der Waals surface area contributed by atoms with Crippen molar-refractivity contribution in [1.29, 1.82) is 0 Å². The fourth-order valence-electron chi connectivity index (χ4n) is 3.30. The molecule has 3 aromatic rings. The minimum atomic E-state index is -0.507. The van der Waals surface area contributed by atoms with Crippen molar-refractivity contribution in [2.45, 2.75) is 72.7 Å². The molecule has 0 aliphatic rings. The minimum Gasteiger partial charge on any atom is -0.391 e. The van der Waals surface area contributed by atoms with Crippen molar-refractivity contribution in [3.05, 3.63) is 35.4 Å². The van der Waals surface area contributed by atoms with Gasteiger partial charge >= 0.3 is 0 Å². The van der Waals surface area contributed by atoms with Crippen molar-refractivity contribution in [1.82, 2.24) is 24.5 Å². The van der Waals surface area contributed by atoms with Gasteiger partial charge in [0.2, 0.25) is 5.95 Å². The van der Waals surface area contributed by atoms with Crippen molar-refractivity contribution in [3.8, 4) is 0 Å². The Morgan fingerprint density at radius 2 is 1.90 bits per heavy atom. The van der Waals surface area contributed by atoms with E-state index < -0.39 is 6.10 Å². The standard InChI is InChI=1S/C21H31N7O/c1-7-17(15(6)29)25-21-26-19(18-20(27-21)28(11-24-18)12(2)3)23-10-16-9-22-14(5)8-13(16)4/h8-9,11-12,15,17,29H,7,10H2,1-6H3,(H2,23,25,26,27). The Bertz CT molecular complexity index is 981. The van der Waals surface area contributed by atoms with Gasteiger partial charge in [-0.3, -0.25) is 4.98 Å². The number of nitrogens with one attached hydrogen (secondary N) is 2. The number of hydrogen-bond acceptors (Lipinski definition) is 7. The van der Waals surface area contributed by atoms with Crippen LogP contribution in [-0.4, -0.2) is 41.8 Å². The summed E-state index contributed by atoms with van der Waals surface area (Å²) in [6, 6.07) is 2.17. The van der Waals surface area contributed by atoms with Crippen molar-refractivity contribution in [2.24, 2.45) is 0 Å². The van der Waals surface area contributed by atoms with Crippen LogP contribution in [0, 0.1) is 13.8 Å². The molecule has 0 aliphatic heterocycles. The normalized spacial score (nSPS) is 13.7. The van der Waals surface area contributed by atoms with Crippen LogP contribution >= 0.6 is 0 Å². The lowest BCUT2D eigenvalue weighted by atomic mass is 10.1. The smallest absolute Gasteiger partial charge is 0.227 e. The number of fused-ring (bicyclic) bond motifs is 1. The highest BCUT2D eigenvalue weighted by Crippen LogP contribution is 2.24. The maximum Gasteiger partial charge on any atom is 0.227 e. The lowest BCUT2D eigenvalue weighted by Crippen LogP contribution is -2.31. The molecule has 2 atom stereocenters. The highest BCUT2D eigenvalue weighted by atomic mass is 16.3. The predicted octanol–water partition coefficient (Wildman–Crippen LogP) is 3.60. The van der Waals surface area contributed by atoms with Gasteiger partial charge in [-0.25, -0.2) is 4.98 Å². The SMILES string of the molecule is CCC(Nc1nc(NCc2cnc(C)cc2C)c2ncn(C(C)C)c2n1)C(C)O. The molecular weight excluding hydrogens is 366 g/mol. The van der Waals surface area contributed by atoms with Crippen molar-refractivity contribution >= 4 is 22.9 Å². The first-order valence-electron chi connectivity index (χ1n) is 10.1. The molecule has 8 nitrogen and oxygen atoms in total. The van der Waals surface area contributed by atoms with Gasteiger partial charge < -0.3 is 20.3 Å². The van der Waals surface area contributed by atoms with Crippen molar-refractivity contribution < 1.29 is 5.11 Å². The molecule has 0 aliphatic carbocycles. The zero-order valence-electron chi connectivity index (χ0n) is 18.1. The second-order valence-corrected chi connectivity index (χ2v) is 7.82. The molecule has 3 N–H and O–H groups in total. The molecular formula is C21H31N7O. The van der Waals surface area contributed by atoms with Gasteiger partial charge in [-0.2, -0.15) is 9.97 Å². The van der Waals surface area contributed by atoms with Crippen LogP contribution in [0.4, 0.5) is 11.8 Å². The molecule has 156 valence electrons. The van der Waals surface area contributed by atoms with Crippen LogP contribution in [0.1, 0.15) is 57.0 Å². The molecule has 3 heterocycles. The zero-order chi connectivity index (χ0) is 21.1. The second-order valence-electron chi connectivity index (χ2n) is 7.82. The first-order chi connectivity index (χ1) is 13.8. The Kier molecular flexibility index (Phi) is 6.32. The van der Waals surface area contributed by atoms with E-state index in [1.54, 1.807) is 13.3 Å². The van der Waals surface area contributed by atoms with E-state index in [2.05, 4.69) is 57.4 Å². The molecule has 0 saturated carbocycles. The molecule has 8 heteroatoms. The number of nitrogens with zero attached hydrogens (tertiary/aromatic N) is 5. The van der Waals surface area contributed by atoms with Crippen LogP contribution in [0.3, 0.4) is 0 Å². The number of anilines is 2. The second kappa shape index (κ2) is 8.73. The van der Waals surface area contributed by atoms with E-state index >= 15 is 0 Å². The van der Waals surface area contributed by atoms with Gasteiger partial charge in [-0.1, -0.05) is 6.92 Å². The summed E-state index contributed by atoms with van der Waals surface area (Å²) in [7, 11) is 0. The molecule has 0 saturated heterocycles. The van der Waals surface area contributed by atoms with Gasteiger partial charge in [0.05, 0.1) is 18.5 Å². The van der Waals surface area contributed by atoms with Gasteiger partial charge in [-0.05, 0) is 58.2 Å². The molecule has 0 spiro atoms. The van der Waals surface area contributed by atoms with Crippen LogP contribution in [0.5, 0.6) is 0 Å². The molecule has 0 amide bonds. The number of aliphatic hydroxyl groups excluding tert-OH is 1. The fourth-order valence-corrected chi connectivity index (χ4v) is 3.30. The summed E-state index contributed by atoms with van der Waals surface area (Å²) in [6.07, 6.45) is 3.94. The largest absolute Gasteiger partial charge is 0.391 e. The third-order valence-electron chi connectivity index (χ3n) is 5.12. The number of aryl methyl sites for hydroxylation is 2. The molecule has 0 aromatic carbocycles. The molecule has 3 aromatic heterocycles. The van der Waals surface area contributed by atoms with Gasteiger partial charge in [0.25, 0.3) is 0 Å². The summed E-state index contributed by atoms with van der Waals surface area (Å²) in [4.78, 5) is 18.3. The Labute approximate surface area is 171 Å². The fraction of sp³-hybridized carbons (Fsp3) is 0.524. The number of hydrogen-bond donors (Lipinski definition) is 3. The van der Waals surface area contributed by atoms with Gasteiger partial charge in [0, 0.05) is 24.5 Å². The van der Waals surface area contributed by atoms with Gasteiger partial charge in [-0.15, -0.1) is 0 Å². The predicted molar refractivity (Wildman–Crippen MR) is 116 cm³/mol. The Morgan fingerprint density at radius 3 is 2.52 bits per heavy atom. The van der Waals surface area contributed by atoms with E-state index in [9.17, 15) is 5.11 Å². The number of aliphatic hydroxyl groups is 1. The topological polar surface area (TPSA) is 101 Å². The van der Waals surface area contributed by atoms with Gasteiger partial charge in [0.15, 0.2) is 17.0 Å². The van der Waals surface area contributed by atoms with E-state index in [4.69, 9.17) is 0 Å². The van der Waals surface area contributed by atoms with Crippen LogP contribution in [-0.2, 0) is 6.54 Å². The van der Waals surface area contributed by atoms with E-state index in [0.29, 0.717) is 18.3 Å². The summed E-state index contributed by atoms with van der Waals surface area (Å²) < 4.78 is 2.02. The maximum atomic E-state index is 10.0. The monoisotopic (exact) mass is 397 g/mol. The van der Waals surface area contributed by atoms with Crippen LogP contribution in [0.25, 0.3) is 11.2 Å². The number of aromatic nitrogens is 5. The summed E-state index contributed by atoms with van der Waals surface area (Å²) in [5, 5.41) is 16.7. The molecule has 0 radical (unpaired) electrons. The summed E-state index contributed by atoms with van der Waals surface area (Å²) in [5.41, 5.74) is 4.78. The highest BCUT2D eigenvalue weighted by molar-refractivity contribution is 5.84. The summed E-state index contributed by atoms with van der Waals surface area (Å²) in [5.74, 6) is 1.14. The molecule has 29 heavy (non-hydrogen) atoms. The average Bonchev–Trinajstić information content (AvgIpc) is 3.09. The quantitative estimate of drug-likeness (QED) is 0.534. The highest BCUT2D eigenvalue weighted by Gasteiger charge is 2.18. The third-order valence-corrected chi connectivity index (χ3v) is 5.12. The Morgan fingerprint density at radius 1 is 1.14 bits per heavy atom. The molecule has 0 bridgehead atoms. The Balaban J connectivity index is 1.97. The number of imidazole rings is 1. The van der Waals surface area contributed by atoms with E-state index in [-0.39, 0.29) is 12.1 Å². The van der Waals surface area contributed by atoms with Crippen LogP contribution in [0.15, 0.2) is 18.6 Å². The lowest BCUT2D eigenvalue weighted by Gasteiger charge is -2.20. The van der Waals surface area contributed by atoms with E-state index in [0.717, 1.165) is 28.8 Å². The maximum absolute atomic E-state index is 10.0. The van der Waals surface area contributed by atoms with Crippen molar-refractivity contribution in [3.63, 3.8) is 0 Å². The van der Waals surface area contributed by atoms with Gasteiger partial charge in [0.1, 0.15) is 0 Å². The number of pyridine rings is 1.